The highest BCUT2D eigenvalue weighted by Crippen LogP contribution is 2.31. The first-order chi connectivity index (χ1) is 8.79. The maximum atomic E-state index is 6.24. The number of hydrogen-bond acceptors (Lipinski definition) is 2. The molecule has 0 saturated heterocycles. The number of benzene rings is 1. The molecule has 18 heavy (non-hydrogen) atoms. The number of hydrogen-bond donors (Lipinski definition) is 0. The van der Waals surface area contributed by atoms with E-state index in [9.17, 15) is 0 Å². The molecule has 0 fully saturated rings. The van der Waals surface area contributed by atoms with E-state index in [-0.39, 0.29) is 5.38 Å². The van der Waals surface area contributed by atoms with Crippen molar-refractivity contribution in [3.05, 3.63) is 23.8 Å². The van der Waals surface area contributed by atoms with Crippen LogP contribution in [0.15, 0.2) is 18.2 Å². The Bertz CT molecular complexity index is 379. The maximum absolute atomic E-state index is 6.24. The minimum atomic E-state index is 0.283. The Morgan fingerprint density at radius 3 is 2.72 bits per heavy atom. The number of alkyl halides is 1. The molecule has 0 radical (unpaired) electrons. The first-order valence-corrected chi connectivity index (χ1v) is 7.26. The van der Waals surface area contributed by atoms with Crippen LogP contribution in [0.5, 0.6) is 11.5 Å². The highest BCUT2D eigenvalue weighted by molar-refractivity contribution is 6.20. The second kappa shape index (κ2) is 6.89. The van der Waals surface area contributed by atoms with Crippen molar-refractivity contribution in [2.24, 2.45) is 0 Å². The average Bonchev–Trinajstić information content (AvgIpc) is 2.61. The topological polar surface area (TPSA) is 18.5 Å². The monoisotopic (exact) mass is 268 g/mol. The zero-order valence-corrected chi connectivity index (χ0v) is 11.7. The minimum Gasteiger partial charge on any atom is -0.490 e. The van der Waals surface area contributed by atoms with Crippen LogP contribution in [-0.4, -0.2) is 18.6 Å². The van der Waals surface area contributed by atoms with Crippen LogP contribution in [0.3, 0.4) is 0 Å². The lowest BCUT2D eigenvalue weighted by molar-refractivity contribution is 0.297. The molecule has 1 aliphatic heterocycles. The van der Waals surface area contributed by atoms with E-state index in [0.717, 1.165) is 56.8 Å². The van der Waals surface area contributed by atoms with Gasteiger partial charge < -0.3 is 9.47 Å². The molecule has 0 bridgehead atoms. The third-order valence-corrected chi connectivity index (χ3v) is 3.60. The van der Waals surface area contributed by atoms with Gasteiger partial charge in [-0.1, -0.05) is 19.4 Å². The summed E-state index contributed by atoms with van der Waals surface area (Å²) in [7, 11) is 0. The van der Waals surface area contributed by atoms with E-state index in [4.69, 9.17) is 21.1 Å². The van der Waals surface area contributed by atoms with Crippen LogP contribution in [-0.2, 0) is 6.42 Å². The van der Waals surface area contributed by atoms with Crippen molar-refractivity contribution in [2.75, 3.05) is 13.2 Å². The minimum absolute atomic E-state index is 0.283. The summed E-state index contributed by atoms with van der Waals surface area (Å²) >= 11 is 6.24. The van der Waals surface area contributed by atoms with Crippen molar-refractivity contribution < 1.29 is 9.47 Å². The van der Waals surface area contributed by atoms with Crippen LogP contribution in [0.4, 0.5) is 0 Å². The van der Waals surface area contributed by atoms with Gasteiger partial charge in [0.2, 0.25) is 0 Å². The Kier molecular flexibility index (Phi) is 5.18. The second-order valence-electron chi connectivity index (χ2n) is 4.76. The van der Waals surface area contributed by atoms with E-state index >= 15 is 0 Å². The molecule has 1 heterocycles. The van der Waals surface area contributed by atoms with Gasteiger partial charge in [-0.05, 0) is 37.0 Å². The van der Waals surface area contributed by atoms with Crippen LogP contribution in [0.25, 0.3) is 0 Å². The van der Waals surface area contributed by atoms with Gasteiger partial charge in [-0.2, -0.15) is 0 Å². The zero-order valence-electron chi connectivity index (χ0n) is 11.0. The van der Waals surface area contributed by atoms with Crippen LogP contribution in [0.1, 0.15) is 38.2 Å². The van der Waals surface area contributed by atoms with Crippen molar-refractivity contribution >= 4 is 11.6 Å². The predicted octanol–water partition coefficient (Wildman–Crippen LogP) is 4.19. The van der Waals surface area contributed by atoms with E-state index in [1.165, 1.54) is 5.56 Å². The van der Waals surface area contributed by atoms with E-state index < -0.39 is 0 Å². The van der Waals surface area contributed by atoms with Gasteiger partial charge in [0, 0.05) is 11.8 Å². The van der Waals surface area contributed by atoms with E-state index in [2.05, 4.69) is 19.1 Å². The average molecular weight is 269 g/mol. The number of fused-ring (bicyclic) bond motifs is 1. The van der Waals surface area contributed by atoms with Crippen LogP contribution in [0, 0.1) is 0 Å². The lowest BCUT2D eigenvalue weighted by atomic mass is 10.1. The van der Waals surface area contributed by atoms with E-state index in [1.807, 2.05) is 6.07 Å². The Hall–Kier alpha value is -0.890. The van der Waals surface area contributed by atoms with Crippen molar-refractivity contribution in [3.8, 4) is 11.5 Å². The molecule has 0 saturated carbocycles. The number of aryl methyl sites for hydroxylation is 1. The zero-order chi connectivity index (χ0) is 12.8. The predicted molar refractivity (Wildman–Crippen MR) is 74.9 cm³/mol. The summed E-state index contributed by atoms with van der Waals surface area (Å²) in [6, 6.07) is 6.22. The maximum Gasteiger partial charge on any atom is 0.161 e. The highest BCUT2D eigenvalue weighted by atomic mass is 35.5. The molecule has 0 aromatic heterocycles. The first-order valence-electron chi connectivity index (χ1n) is 6.82. The molecule has 2 rings (SSSR count). The summed E-state index contributed by atoms with van der Waals surface area (Å²) in [6.45, 7) is 3.65. The number of halogens is 1. The van der Waals surface area contributed by atoms with Gasteiger partial charge in [0.25, 0.3) is 0 Å². The number of rotatable bonds is 5. The van der Waals surface area contributed by atoms with Gasteiger partial charge >= 0.3 is 0 Å². The molecule has 3 heteroatoms. The fourth-order valence-electron chi connectivity index (χ4n) is 2.14. The molecule has 100 valence electrons. The molecule has 1 aromatic rings. The smallest absolute Gasteiger partial charge is 0.161 e. The largest absolute Gasteiger partial charge is 0.490 e. The van der Waals surface area contributed by atoms with Gasteiger partial charge in [-0.25, -0.2) is 0 Å². The summed E-state index contributed by atoms with van der Waals surface area (Å²) in [6.07, 6.45) is 5.21. The van der Waals surface area contributed by atoms with Crippen molar-refractivity contribution in [3.63, 3.8) is 0 Å². The molecule has 0 amide bonds. The van der Waals surface area contributed by atoms with Crippen molar-refractivity contribution in [1.29, 1.82) is 0 Å². The molecule has 1 aromatic carbocycles. The fraction of sp³-hybridized carbons (Fsp3) is 0.600. The molecule has 0 aliphatic carbocycles. The summed E-state index contributed by atoms with van der Waals surface area (Å²) in [4.78, 5) is 0. The summed E-state index contributed by atoms with van der Waals surface area (Å²) in [5.41, 5.74) is 1.28. The van der Waals surface area contributed by atoms with Crippen LogP contribution >= 0.6 is 11.6 Å². The van der Waals surface area contributed by atoms with Gasteiger partial charge in [0.15, 0.2) is 11.5 Å². The molecule has 1 atom stereocenters. The van der Waals surface area contributed by atoms with Gasteiger partial charge in [-0.3, -0.25) is 0 Å². The molecular weight excluding hydrogens is 248 g/mol. The quantitative estimate of drug-likeness (QED) is 0.746. The summed E-state index contributed by atoms with van der Waals surface area (Å²) in [5.74, 6) is 1.75. The SMILES string of the molecule is CCCC(Cl)CCc1ccc2c(c1)OCCCO2. The molecule has 0 N–H and O–H groups in total. The standard InChI is InChI=1S/C15H21ClO2/c1-2-4-13(16)7-5-12-6-8-14-15(11-12)18-10-3-9-17-14/h6,8,11,13H,2-5,7,9-10H2,1H3. The lowest BCUT2D eigenvalue weighted by Gasteiger charge is -2.11. The summed E-state index contributed by atoms with van der Waals surface area (Å²) in [5, 5.41) is 0.283. The Labute approximate surface area is 114 Å². The molecular formula is C15H21ClO2. The molecule has 1 aliphatic rings. The first kappa shape index (κ1) is 13.5. The van der Waals surface area contributed by atoms with Crippen LogP contribution in [0.2, 0.25) is 0 Å². The lowest BCUT2D eigenvalue weighted by Crippen LogP contribution is -2.00. The Balaban J connectivity index is 1.95. The van der Waals surface area contributed by atoms with Gasteiger partial charge in [0.1, 0.15) is 0 Å². The van der Waals surface area contributed by atoms with Gasteiger partial charge in [0.05, 0.1) is 13.2 Å². The third-order valence-electron chi connectivity index (χ3n) is 3.16. The normalized spacial score (nSPS) is 16.1. The fourth-order valence-corrected chi connectivity index (χ4v) is 2.47. The highest BCUT2D eigenvalue weighted by Gasteiger charge is 2.11. The summed E-state index contributed by atoms with van der Waals surface area (Å²) < 4.78 is 11.3. The van der Waals surface area contributed by atoms with Crippen LogP contribution < -0.4 is 9.47 Å². The van der Waals surface area contributed by atoms with E-state index in [0.29, 0.717) is 0 Å². The molecule has 2 nitrogen and oxygen atoms in total. The van der Waals surface area contributed by atoms with Crippen molar-refractivity contribution in [2.45, 2.75) is 44.4 Å². The molecule has 1 unspecified atom stereocenters. The Morgan fingerprint density at radius 2 is 1.94 bits per heavy atom. The Morgan fingerprint density at radius 1 is 1.17 bits per heavy atom. The third kappa shape index (κ3) is 3.81. The van der Waals surface area contributed by atoms with Crippen molar-refractivity contribution in [1.82, 2.24) is 0 Å². The van der Waals surface area contributed by atoms with E-state index in [1.54, 1.807) is 0 Å². The molecule has 0 spiro atoms. The second-order valence-corrected chi connectivity index (χ2v) is 5.37. The van der Waals surface area contributed by atoms with Gasteiger partial charge in [-0.15, -0.1) is 11.6 Å². The number of ether oxygens (including phenoxy) is 2.